The topological polar surface area (TPSA) is 100 Å². The summed E-state index contributed by atoms with van der Waals surface area (Å²) in [6.07, 6.45) is 0.300. The van der Waals surface area contributed by atoms with Crippen molar-refractivity contribution in [2.75, 3.05) is 19.5 Å². The van der Waals surface area contributed by atoms with Crippen LogP contribution in [-0.4, -0.2) is 46.2 Å². The Bertz CT molecular complexity index is 1110. The zero-order chi connectivity index (χ0) is 22.1. The van der Waals surface area contributed by atoms with Gasteiger partial charge in [-0.15, -0.1) is 10.2 Å². The summed E-state index contributed by atoms with van der Waals surface area (Å²) in [5.41, 5.74) is 2.70. The van der Waals surface area contributed by atoms with Crippen LogP contribution in [-0.2, 0) is 4.79 Å². The van der Waals surface area contributed by atoms with E-state index in [9.17, 15) is 4.79 Å². The number of anilines is 1. The summed E-state index contributed by atoms with van der Waals surface area (Å²) in [5.74, 6) is 2.52. The van der Waals surface area contributed by atoms with Gasteiger partial charge in [0.25, 0.3) is 0 Å². The maximum atomic E-state index is 12.6. The Hall–Kier alpha value is -3.62. The third-order valence-corrected chi connectivity index (χ3v) is 5.11. The van der Waals surface area contributed by atoms with E-state index in [-0.39, 0.29) is 17.9 Å². The van der Waals surface area contributed by atoms with E-state index in [1.807, 2.05) is 39.0 Å². The first kappa shape index (κ1) is 20.6. The molecule has 0 unspecified atom stereocenters. The number of fused-ring (bicyclic) bond motifs is 1. The van der Waals surface area contributed by atoms with E-state index in [1.165, 1.54) is 7.11 Å². The van der Waals surface area contributed by atoms with Gasteiger partial charge in [0, 0.05) is 24.0 Å². The lowest BCUT2D eigenvalue weighted by Gasteiger charge is -2.25. The lowest BCUT2D eigenvalue weighted by molar-refractivity contribution is -0.116. The summed E-state index contributed by atoms with van der Waals surface area (Å²) in [5, 5.41) is 15.8. The summed E-state index contributed by atoms with van der Waals surface area (Å²) in [6.45, 7) is 5.84. The van der Waals surface area contributed by atoms with Crippen LogP contribution < -0.4 is 19.5 Å². The van der Waals surface area contributed by atoms with Gasteiger partial charge in [-0.2, -0.15) is 9.78 Å². The molecule has 1 aliphatic heterocycles. The van der Waals surface area contributed by atoms with Gasteiger partial charge in [0.05, 0.1) is 26.0 Å². The summed E-state index contributed by atoms with van der Waals surface area (Å²) < 4.78 is 18.1. The van der Waals surface area contributed by atoms with Crippen LogP contribution in [0.5, 0.6) is 17.4 Å². The van der Waals surface area contributed by atoms with Crippen LogP contribution in [0.3, 0.4) is 0 Å². The Balaban J connectivity index is 1.79. The predicted octanol–water partition coefficient (Wildman–Crippen LogP) is 3.25. The molecule has 1 aromatic carbocycles. The van der Waals surface area contributed by atoms with Crippen molar-refractivity contribution in [3.05, 3.63) is 47.2 Å². The highest BCUT2D eigenvalue weighted by Gasteiger charge is 2.33. The molecule has 0 bridgehead atoms. The number of hydrogen-bond acceptors (Lipinski definition) is 7. The van der Waals surface area contributed by atoms with Gasteiger partial charge in [-0.3, -0.25) is 4.79 Å². The van der Waals surface area contributed by atoms with Gasteiger partial charge in [-0.05, 0) is 44.5 Å². The largest absolute Gasteiger partial charge is 0.493 e. The first-order valence-electron chi connectivity index (χ1n) is 10.0. The summed E-state index contributed by atoms with van der Waals surface area (Å²) >= 11 is 0. The van der Waals surface area contributed by atoms with Gasteiger partial charge in [-0.1, -0.05) is 6.07 Å². The number of ether oxygens (including phenoxy) is 3. The molecule has 0 fully saturated rings. The summed E-state index contributed by atoms with van der Waals surface area (Å²) in [6, 6.07) is 9.22. The van der Waals surface area contributed by atoms with Gasteiger partial charge in [0.1, 0.15) is 5.82 Å². The molecule has 0 saturated carbocycles. The molecule has 9 nitrogen and oxygen atoms in total. The SMILES string of the molecule is COc1ccc(-n2nc(C)c3c2NC(=O)C[C@@H]3c2ccc(OC)c(OC(C)C)c2)nn1. The molecule has 162 valence electrons. The van der Waals surface area contributed by atoms with Crippen molar-refractivity contribution in [2.24, 2.45) is 0 Å². The molecule has 2 aromatic heterocycles. The molecule has 0 radical (unpaired) electrons. The fourth-order valence-corrected chi connectivity index (χ4v) is 3.79. The van der Waals surface area contributed by atoms with Gasteiger partial charge >= 0.3 is 0 Å². The average molecular weight is 423 g/mol. The molecule has 0 spiro atoms. The number of nitrogens with zero attached hydrogens (tertiary/aromatic N) is 4. The fraction of sp³-hybridized carbons (Fsp3) is 0.364. The maximum Gasteiger partial charge on any atom is 0.233 e. The van der Waals surface area contributed by atoms with Crippen molar-refractivity contribution < 1.29 is 19.0 Å². The monoisotopic (exact) mass is 423 g/mol. The predicted molar refractivity (Wildman–Crippen MR) is 114 cm³/mol. The zero-order valence-electron chi connectivity index (χ0n) is 18.2. The number of amides is 1. The molecular formula is C22H25N5O4. The number of nitrogens with one attached hydrogen (secondary N) is 1. The number of carbonyl (C=O) groups excluding carboxylic acids is 1. The van der Waals surface area contributed by atoms with E-state index < -0.39 is 0 Å². The van der Waals surface area contributed by atoms with E-state index in [0.717, 1.165) is 16.8 Å². The van der Waals surface area contributed by atoms with Crippen molar-refractivity contribution in [3.63, 3.8) is 0 Å². The number of aromatic nitrogens is 4. The van der Waals surface area contributed by atoms with Gasteiger partial charge < -0.3 is 19.5 Å². The molecule has 0 saturated heterocycles. The van der Waals surface area contributed by atoms with Crippen molar-refractivity contribution >= 4 is 11.7 Å². The van der Waals surface area contributed by atoms with E-state index in [1.54, 1.807) is 23.9 Å². The summed E-state index contributed by atoms with van der Waals surface area (Å²) in [7, 11) is 3.14. The van der Waals surface area contributed by atoms with Crippen LogP contribution in [0.15, 0.2) is 30.3 Å². The first-order chi connectivity index (χ1) is 14.9. The molecule has 31 heavy (non-hydrogen) atoms. The molecule has 1 amide bonds. The highest BCUT2D eigenvalue weighted by molar-refractivity contribution is 5.95. The highest BCUT2D eigenvalue weighted by Crippen LogP contribution is 2.42. The Morgan fingerprint density at radius 2 is 1.90 bits per heavy atom. The molecule has 3 aromatic rings. The lowest BCUT2D eigenvalue weighted by atomic mass is 9.85. The number of benzene rings is 1. The van der Waals surface area contributed by atoms with Crippen LogP contribution >= 0.6 is 0 Å². The van der Waals surface area contributed by atoms with Gasteiger partial charge in [-0.25, -0.2) is 0 Å². The highest BCUT2D eigenvalue weighted by atomic mass is 16.5. The van der Waals surface area contributed by atoms with Gasteiger partial charge in [0.15, 0.2) is 17.3 Å². The van der Waals surface area contributed by atoms with Gasteiger partial charge in [0.2, 0.25) is 11.8 Å². The van der Waals surface area contributed by atoms with E-state index >= 15 is 0 Å². The first-order valence-corrected chi connectivity index (χ1v) is 10.0. The number of carbonyl (C=O) groups is 1. The van der Waals surface area contributed by atoms with E-state index in [4.69, 9.17) is 14.2 Å². The average Bonchev–Trinajstić information content (AvgIpc) is 3.09. The van der Waals surface area contributed by atoms with Crippen LogP contribution in [0.2, 0.25) is 0 Å². The fourth-order valence-electron chi connectivity index (χ4n) is 3.79. The quantitative estimate of drug-likeness (QED) is 0.649. The Labute approximate surface area is 180 Å². The molecule has 1 aliphatic rings. The third-order valence-electron chi connectivity index (χ3n) is 5.11. The minimum absolute atomic E-state index is 0.00695. The Morgan fingerprint density at radius 1 is 1.10 bits per heavy atom. The molecule has 1 N–H and O–H groups in total. The van der Waals surface area contributed by atoms with E-state index in [2.05, 4.69) is 20.6 Å². The molecule has 4 rings (SSSR count). The van der Waals surface area contributed by atoms with Crippen LogP contribution in [0.25, 0.3) is 5.82 Å². The van der Waals surface area contributed by atoms with Crippen LogP contribution in [0.4, 0.5) is 5.82 Å². The zero-order valence-corrected chi connectivity index (χ0v) is 18.2. The number of rotatable bonds is 6. The molecular weight excluding hydrogens is 398 g/mol. The van der Waals surface area contributed by atoms with Crippen molar-refractivity contribution in [1.29, 1.82) is 0 Å². The lowest BCUT2D eigenvalue weighted by Crippen LogP contribution is -2.25. The van der Waals surface area contributed by atoms with Crippen molar-refractivity contribution in [1.82, 2.24) is 20.0 Å². The Morgan fingerprint density at radius 3 is 2.55 bits per heavy atom. The molecule has 1 atom stereocenters. The summed E-state index contributed by atoms with van der Waals surface area (Å²) in [4.78, 5) is 12.6. The minimum atomic E-state index is -0.177. The smallest absolute Gasteiger partial charge is 0.233 e. The molecule has 0 aliphatic carbocycles. The molecule has 3 heterocycles. The molecule has 9 heteroatoms. The number of aryl methyl sites for hydroxylation is 1. The number of hydrogen-bond donors (Lipinski definition) is 1. The van der Waals surface area contributed by atoms with Crippen molar-refractivity contribution in [2.45, 2.75) is 39.2 Å². The van der Waals surface area contributed by atoms with Crippen molar-refractivity contribution in [3.8, 4) is 23.2 Å². The second-order valence-electron chi connectivity index (χ2n) is 7.58. The second kappa shape index (κ2) is 8.25. The van der Waals surface area contributed by atoms with Crippen LogP contribution in [0, 0.1) is 6.92 Å². The standard InChI is InChI=1S/C22H25N5O4/c1-12(2)31-17-10-14(6-7-16(17)29-4)15-11-19(28)23-22-21(15)13(3)26-27(22)18-8-9-20(30-5)25-24-18/h6-10,12,15H,11H2,1-5H3,(H,23,28)/t15-/m1/s1. The third kappa shape index (κ3) is 3.90. The maximum absolute atomic E-state index is 12.6. The Kier molecular flexibility index (Phi) is 5.50. The number of methoxy groups -OCH3 is 2. The van der Waals surface area contributed by atoms with Crippen LogP contribution in [0.1, 0.15) is 43.0 Å². The second-order valence-corrected chi connectivity index (χ2v) is 7.58. The normalized spacial score (nSPS) is 15.4. The van der Waals surface area contributed by atoms with E-state index in [0.29, 0.717) is 35.4 Å². The minimum Gasteiger partial charge on any atom is -0.493 e.